The van der Waals surface area contributed by atoms with Crippen LogP contribution < -0.4 is 0 Å². The Labute approximate surface area is 88.5 Å². The average molecular weight is 218 g/mol. The highest BCUT2D eigenvalue weighted by Crippen LogP contribution is 1.92. The number of aliphatic hydroxyl groups is 2. The molecule has 0 amide bonds. The molecule has 4 nitrogen and oxygen atoms in total. The summed E-state index contributed by atoms with van der Waals surface area (Å²) < 4.78 is 4.17. The molecule has 14 heavy (non-hydrogen) atoms. The van der Waals surface area contributed by atoms with E-state index >= 15 is 0 Å². The molecule has 0 saturated carbocycles. The summed E-state index contributed by atoms with van der Waals surface area (Å²) in [6.07, 6.45) is 2.67. The van der Waals surface area contributed by atoms with Gasteiger partial charge in [-0.1, -0.05) is 12.7 Å². The van der Waals surface area contributed by atoms with Gasteiger partial charge in [0.25, 0.3) is 0 Å². The van der Waals surface area contributed by atoms with Gasteiger partial charge in [0.05, 0.1) is 12.9 Å². The smallest absolute Gasteiger partial charge is 0.307 e. The molecular formula is C9H14O4S. The van der Waals surface area contributed by atoms with Crippen LogP contribution in [0.5, 0.6) is 0 Å². The van der Waals surface area contributed by atoms with Crippen LogP contribution in [0, 0.1) is 0 Å². The molecule has 0 bridgehead atoms. The molecule has 0 spiro atoms. The Morgan fingerprint density at radius 1 is 1.64 bits per heavy atom. The Kier molecular flexibility index (Phi) is 10.8. The fourth-order valence-electron chi connectivity index (χ4n) is 0.400. The standard InChI is InChI=1S/C5H8O2S.C4H6O2/c1-2-4(3-6)5(7)8;1-3-6-4(2)5/h2,6H,3H2,1H3,(H,7,8);3H,1H2,2H3. The largest absolute Gasteiger partial charge is 0.499 e. The van der Waals surface area contributed by atoms with Crippen molar-refractivity contribution in [2.75, 3.05) is 6.61 Å². The van der Waals surface area contributed by atoms with Crippen molar-refractivity contribution >= 4 is 23.2 Å². The molecule has 0 atom stereocenters. The molecule has 2 N–H and O–H groups in total. The van der Waals surface area contributed by atoms with Crippen LogP contribution in [0.4, 0.5) is 0 Å². The quantitative estimate of drug-likeness (QED) is 0.325. The van der Waals surface area contributed by atoms with E-state index in [1.165, 1.54) is 6.92 Å². The normalized spacial score (nSPS) is 9.50. The van der Waals surface area contributed by atoms with Crippen molar-refractivity contribution in [2.24, 2.45) is 0 Å². The molecule has 0 aliphatic rings. The minimum Gasteiger partial charge on any atom is -0.499 e. The predicted octanol–water partition coefficient (Wildman–Crippen LogP) is 1.50. The van der Waals surface area contributed by atoms with Crippen molar-refractivity contribution in [2.45, 2.75) is 13.8 Å². The summed E-state index contributed by atoms with van der Waals surface area (Å²) in [5, 5.41) is 16.7. The maximum absolute atomic E-state index is 9.75. The highest BCUT2D eigenvalue weighted by atomic mass is 32.1. The van der Waals surface area contributed by atoms with Gasteiger partial charge in [0, 0.05) is 12.5 Å². The van der Waals surface area contributed by atoms with Crippen molar-refractivity contribution in [1.82, 2.24) is 0 Å². The number of allylic oxidation sites excluding steroid dienone is 1. The Morgan fingerprint density at radius 3 is 2.14 bits per heavy atom. The summed E-state index contributed by atoms with van der Waals surface area (Å²) in [7, 11) is 0. The summed E-state index contributed by atoms with van der Waals surface area (Å²) in [6.45, 7) is 5.99. The van der Waals surface area contributed by atoms with Gasteiger partial charge in [-0.25, -0.2) is 0 Å². The Hall–Kier alpha value is -1.20. The highest BCUT2D eigenvalue weighted by molar-refractivity contribution is 7.80. The van der Waals surface area contributed by atoms with Crippen LogP contribution in [0.25, 0.3) is 0 Å². The van der Waals surface area contributed by atoms with Crippen molar-refractivity contribution in [3.8, 4) is 0 Å². The second kappa shape index (κ2) is 9.88. The number of hydrogen-bond donors (Lipinski definition) is 2. The van der Waals surface area contributed by atoms with Gasteiger partial charge in [-0.2, -0.15) is 0 Å². The van der Waals surface area contributed by atoms with Crippen LogP contribution in [-0.4, -0.2) is 27.8 Å². The molecule has 0 aromatic carbocycles. The van der Waals surface area contributed by atoms with Crippen LogP contribution in [-0.2, 0) is 9.53 Å². The predicted molar refractivity (Wildman–Crippen MR) is 58.0 cm³/mol. The van der Waals surface area contributed by atoms with Gasteiger partial charge in [-0.15, -0.1) is 0 Å². The Bertz CT molecular complexity index is 233. The van der Waals surface area contributed by atoms with E-state index in [-0.39, 0.29) is 17.6 Å². The molecule has 0 heterocycles. The molecular weight excluding hydrogens is 204 g/mol. The molecule has 0 aromatic rings. The number of carbonyl (C=O) groups excluding carboxylic acids is 1. The van der Waals surface area contributed by atoms with Crippen molar-refractivity contribution in [3.63, 3.8) is 0 Å². The minimum absolute atomic E-state index is 0.189. The number of ether oxygens (including phenoxy) is 1. The first-order valence-corrected chi connectivity index (χ1v) is 4.17. The monoisotopic (exact) mass is 218 g/mol. The lowest BCUT2D eigenvalue weighted by atomic mass is 10.3. The number of rotatable bonds is 3. The van der Waals surface area contributed by atoms with Crippen LogP contribution in [0.15, 0.2) is 24.5 Å². The topological polar surface area (TPSA) is 66.8 Å². The molecule has 0 aliphatic carbocycles. The van der Waals surface area contributed by atoms with Gasteiger partial charge in [0.1, 0.15) is 0 Å². The van der Waals surface area contributed by atoms with Gasteiger partial charge in [-0.05, 0) is 19.1 Å². The number of esters is 1. The highest BCUT2D eigenvalue weighted by Gasteiger charge is 1.95. The molecule has 0 unspecified atom stereocenters. The van der Waals surface area contributed by atoms with Gasteiger partial charge < -0.3 is 14.9 Å². The number of thiocarbonyl (C=S) groups is 1. The summed E-state index contributed by atoms with van der Waals surface area (Å²) in [5.41, 5.74) is 0.403. The zero-order valence-corrected chi connectivity index (χ0v) is 9.00. The van der Waals surface area contributed by atoms with E-state index in [2.05, 4.69) is 23.5 Å². The number of hydrogen-bond acceptors (Lipinski definition) is 4. The summed E-state index contributed by atoms with van der Waals surface area (Å²) in [6, 6.07) is 0. The van der Waals surface area contributed by atoms with Crippen molar-refractivity contribution < 1.29 is 19.7 Å². The molecule has 5 heteroatoms. The molecule has 0 saturated heterocycles. The third-order valence-electron chi connectivity index (χ3n) is 1.04. The SMILES string of the molecule is C=COC(C)=O.CC=C(CO)C(O)=S. The first kappa shape index (κ1) is 15.3. The lowest BCUT2D eigenvalue weighted by Gasteiger charge is -1.94. The Morgan fingerprint density at radius 2 is 2.14 bits per heavy atom. The zero-order chi connectivity index (χ0) is 11.6. The Balaban J connectivity index is 0. The average Bonchev–Trinajstić information content (AvgIpc) is 2.06. The van der Waals surface area contributed by atoms with E-state index in [4.69, 9.17) is 10.2 Å². The third-order valence-corrected chi connectivity index (χ3v) is 1.30. The fraction of sp³-hybridized carbons (Fsp3) is 0.333. The second-order valence-corrected chi connectivity index (χ2v) is 2.44. The molecule has 0 rings (SSSR count). The van der Waals surface area contributed by atoms with Gasteiger partial charge in [0.15, 0.2) is 5.05 Å². The molecule has 80 valence electrons. The summed E-state index contributed by atoms with van der Waals surface area (Å²) in [5.74, 6) is -0.329. The molecule has 0 aromatic heterocycles. The number of aliphatic hydroxyl groups excluding tert-OH is 2. The van der Waals surface area contributed by atoms with Crippen LogP contribution >= 0.6 is 12.2 Å². The van der Waals surface area contributed by atoms with Crippen LogP contribution in [0.1, 0.15) is 13.8 Å². The summed E-state index contributed by atoms with van der Waals surface area (Å²) in [4.78, 5) is 9.75. The van der Waals surface area contributed by atoms with E-state index in [0.717, 1.165) is 6.26 Å². The zero-order valence-electron chi connectivity index (χ0n) is 8.19. The van der Waals surface area contributed by atoms with E-state index in [1.54, 1.807) is 13.0 Å². The van der Waals surface area contributed by atoms with Crippen molar-refractivity contribution in [3.05, 3.63) is 24.5 Å². The molecule has 0 fully saturated rings. The first-order chi connectivity index (χ1) is 6.49. The van der Waals surface area contributed by atoms with E-state index in [0.29, 0.717) is 5.57 Å². The summed E-state index contributed by atoms with van der Waals surface area (Å²) >= 11 is 4.34. The van der Waals surface area contributed by atoms with E-state index < -0.39 is 0 Å². The van der Waals surface area contributed by atoms with Gasteiger partial charge in [0.2, 0.25) is 0 Å². The lowest BCUT2D eigenvalue weighted by Crippen LogP contribution is -2.00. The maximum atomic E-state index is 9.75. The number of carbonyl (C=O) groups is 1. The first-order valence-electron chi connectivity index (χ1n) is 3.77. The minimum atomic E-state index is -0.329. The van der Waals surface area contributed by atoms with E-state index in [9.17, 15) is 4.79 Å². The molecule has 0 radical (unpaired) electrons. The fourth-order valence-corrected chi connectivity index (χ4v) is 0.582. The van der Waals surface area contributed by atoms with Gasteiger partial charge in [-0.3, -0.25) is 4.79 Å². The van der Waals surface area contributed by atoms with Crippen LogP contribution in [0.2, 0.25) is 0 Å². The second-order valence-electron chi connectivity index (χ2n) is 2.05. The van der Waals surface area contributed by atoms with Gasteiger partial charge >= 0.3 is 5.97 Å². The third kappa shape index (κ3) is 10.8. The maximum Gasteiger partial charge on any atom is 0.307 e. The lowest BCUT2D eigenvalue weighted by molar-refractivity contribution is -0.135. The van der Waals surface area contributed by atoms with Crippen molar-refractivity contribution in [1.29, 1.82) is 0 Å². The van der Waals surface area contributed by atoms with Crippen LogP contribution in [0.3, 0.4) is 0 Å². The molecule has 0 aliphatic heterocycles. The van der Waals surface area contributed by atoms with E-state index in [1.807, 2.05) is 0 Å².